The number of nitrogens with zero attached hydrogens (tertiary/aromatic N) is 2. The van der Waals surface area contributed by atoms with Crippen molar-refractivity contribution >= 4 is 23.2 Å². The van der Waals surface area contributed by atoms with Crippen LogP contribution in [0.15, 0.2) is 0 Å². The maximum absolute atomic E-state index is 6.49. The standard InChI is InChI=1S/C14H22Cl2N2O/c1-3-11-13(16)12(18(4-2)17-11)9-14(10-15)5-7-19-8-6-14/h3-10H2,1-2H3. The van der Waals surface area contributed by atoms with Gasteiger partial charge in [-0.15, -0.1) is 11.6 Å². The molecule has 3 nitrogen and oxygen atoms in total. The number of aryl methyl sites for hydroxylation is 2. The van der Waals surface area contributed by atoms with Gasteiger partial charge in [0.2, 0.25) is 0 Å². The Morgan fingerprint density at radius 1 is 1.32 bits per heavy atom. The van der Waals surface area contributed by atoms with Crippen LogP contribution in [0.5, 0.6) is 0 Å². The molecule has 0 spiro atoms. The van der Waals surface area contributed by atoms with Crippen LogP contribution in [0.2, 0.25) is 5.02 Å². The molecular formula is C14H22Cl2N2O. The summed E-state index contributed by atoms with van der Waals surface area (Å²) in [6.07, 6.45) is 3.78. The van der Waals surface area contributed by atoms with Crippen LogP contribution in [0, 0.1) is 5.41 Å². The van der Waals surface area contributed by atoms with Crippen LogP contribution in [-0.2, 0) is 24.1 Å². The molecule has 0 atom stereocenters. The lowest BCUT2D eigenvalue weighted by Crippen LogP contribution is -2.34. The predicted molar refractivity (Wildman–Crippen MR) is 79.2 cm³/mol. The monoisotopic (exact) mass is 304 g/mol. The third-order valence-electron chi connectivity index (χ3n) is 4.07. The average molecular weight is 305 g/mol. The second-order valence-electron chi connectivity index (χ2n) is 5.30. The summed E-state index contributed by atoms with van der Waals surface area (Å²) < 4.78 is 7.50. The highest BCUT2D eigenvalue weighted by molar-refractivity contribution is 6.31. The maximum atomic E-state index is 6.49. The van der Waals surface area contributed by atoms with Crippen molar-refractivity contribution in [2.75, 3.05) is 19.1 Å². The normalized spacial score (nSPS) is 18.7. The maximum Gasteiger partial charge on any atom is 0.0850 e. The highest BCUT2D eigenvalue weighted by atomic mass is 35.5. The highest BCUT2D eigenvalue weighted by Crippen LogP contribution is 2.38. The number of hydrogen-bond donors (Lipinski definition) is 0. The predicted octanol–water partition coefficient (Wildman–Crippen LogP) is 3.70. The fourth-order valence-corrected chi connectivity index (χ4v) is 3.40. The Balaban J connectivity index is 2.28. The number of halogens is 2. The van der Waals surface area contributed by atoms with Gasteiger partial charge in [0.25, 0.3) is 0 Å². The fraction of sp³-hybridized carbons (Fsp3) is 0.786. The minimum atomic E-state index is 0.113. The molecule has 5 heteroatoms. The molecule has 19 heavy (non-hydrogen) atoms. The van der Waals surface area contributed by atoms with E-state index in [9.17, 15) is 0 Å². The van der Waals surface area contributed by atoms with Gasteiger partial charge in [0.15, 0.2) is 0 Å². The van der Waals surface area contributed by atoms with Crippen LogP contribution >= 0.6 is 23.2 Å². The second-order valence-corrected chi connectivity index (χ2v) is 5.94. The summed E-state index contributed by atoms with van der Waals surface area (Å²) in [6, 6.07) is 0. The molecule has 108 valence electrons. The zero-order valence-electron chi connectivity index (χ0n) is 11.7. The van der Waals surface area contributed by atoms with Crippen molar-refractivity contribution in [2.45, 2.75) is 46.1 Å². The van der Waals surface area contributed by atoms with Gasteiger partial charge in [-0.1, -0.05) is 18.5 Å². The van der Waals surface area contributed by atoms with Crippen molar-refractivity contribution in [2.24, 2.45) is 5.41 Å². The number of hydrogen-bond acceptors (Lipinski definition) is 2. The van der Waals surface area contributed by atoms with E-state index in [2.05, 4.69) is 18.9 Å². The van der Waals surface area contributed by atoms with Crippen LogP contribution < -0.4 is 0 Å². The quantitative estimate of drug-likeness (QED) is 0.776. The molecule has 1 aliphatic rings. The first kappa shape index (κ1) is 15.1. The van der Waals surface area contributed by atoms with Crippen LogP contribution in [0.25, 0.3) is 0 Å². The topological polar surface area (TPSA) is 27.1 Å². The summed E-state index contributed by atoms with van der Waals surface area (Å²) in [7, 11) is 0. The van der Waals surface area contributed by atoms with Crippen molar-refractivity contribution in [1.82, 2.24) is 9.78 Å². The molecule has 1 saturated heterocycles. The van der Waals surface area contributed by atoms with Crippen LogP contribution in [-0.4, -0.2) is 28.9 Å². The van der Waals surface area contributed by atoms with Gasteiger partial charge < -0.3 is 4.74 Å². The average Bonchev–Trinajstić information content (AvgIpc) is 2.76. The lowest BCUT2D eigenvalue weighted by atomic mass is 9.78. The summed E-state index contributed by atoms with van der Waals surface area (Å²) in [5.41, 5.74) is 2.25. The van der Waals surface area contributed by atoms with Crippen LogP contribution in [0.3, 0.4) is 0 Å². The Morgan fingerprint density at radius 2 is 2.00 bits per heavy atom. The number of aromatic nitrogens is 2. The Morgan fingerprint density at radius 3 is 2.53 bits per heavy atom. The van der Waals surface area contributed by atoms with E-state index in [-0.39, 0.29) is 5.41 Å². The minimum absolute atomic E-state index is 0.113. The molecule has 2 heterocycles. The van der Waals surface area contributed by atoms with E-state index in [0.717, 1.165) is 61.9 Å². The first-order chi connectivity index (χ1) is 9.15. The SMILES string of the molecule is CCc1nn(CC)c(CC2(CCl)CCOCC2)c1Cl. The van der Waals surface area contributed by atoms with Crippen LogP contribution in [0.1, 0.15) is 38.1 Å². The first-order valence-electron chi connectivity index (χ1n) is 7.03. The molecule has 0 unspecified atom stereocenters. The van der Waals surface area contributed by atoms with Gasteiger partial charge in [-0.25, -0.2) is 0 Å². The lowest BCUT2D eigenvalue weighted by Gasteiger charge is -2.35. The van der Waals surface area contributed by atoms with E-state index in [1.165, 1.54) is 0 Å². The van der Waals surface area contributed by atoms with E-state index in [0.29, 0.717) is 5.88 Å². The van der Waals surface area contributed by atoms with Gasteiger partial charge in [0.1, 0.15) is 0 Å². The van der Waals surface area contributed by atoms with Gasteiger partial charge >= 0.3 is 0 Å². The summed E-state index contributed by atoms with van der Waals surface area (Å²) in [5.74, 6) is 0.656. The molecule has 0 radical (unpaired) electrons. The molecule has 0 amide bonds. The molecular weight excluding hydrogens is 283 g/mol. The highest BCUT2D eigenvalue weighted by Gasteiger charge is 2.34. The van der Waals surface area contributed by atoms with Gasteiger partial charge in [0, 0.05) is 25.6 Å². The number of rotatable bonds is 5. The molecule has 2 rings (SSSR count). The Hall–Kier alpha value is -0.250. The third-order valence-corrected chi connectivity index (χ3v) is 5.08. The van der Waals surface area contributed by atoms with Gasteiger partial charge in [-0.2, -0.15) is 5.10 Å². The molecule has 0 saturated carbocycles. The Bertz CT molecular complexity index is 425. The van der Waals surface area contributed by atoms with Gasteiger partial charge in [-0.05, 0) is 38.0 Å². The molecule has 1 aromatic rings. The molecule has 1 aliphatic heterocycles. The van der Waals surface area contributed by atoms with Crippen LogP contribution in [0.4, 0.5) is 0 Å². The number of alkyl halides is 1. The summed E-state index contributed by atoms with van der Waals surface area (Å²) in [4.78, 5) is 0. The summed E-state index contributed by atoms with van der Waals surface area (Å²) in [5, 5.41) is 5.42. The summed E-state index contributed by atoms with van der Waals surface area (Å²) >= 11 is 12.7. The lowest BCUT2D eigenvalue weighted by molar-refractivity contribution is 0.0249. The van der Waals surface area contributed by atoms with Crippen molar-refractivity contribution in [3.05, 3.63) is 16.4 Å². The molecule has 1 fully saturated rings. The minimum Gasteiger partial charge on any atom is -0.381 e. The van der Waals surface area contributed by atoms with E-state index >= 15 is 0 Å². The molecule has 0 aliphatic carbocycles. The smallest absolute Gasteiger partial charge is 0.0850 e. The Labute approximate surface area is 125 Å². The van der Waals surface area contributed by atoms with E-state index in [1.807, 2.05) is 4.68 Å². The van der Waals surface area contributed by atoms with E-state index in [4.69, 9.17) is 27.9 Å². The van der Waals surface area contributed by atoms with Gasteiger partial charge in [0.05, 0.1) is 16.4 Å². The Kier molecular flexibility index (Phi) is 5.15. The largest absolute Gasteiger partial charge is 0.381 e. The molecule has 0 N–H and O–H groups in total. The second kappa shape index (κ2) is 6.47. The van der Waals surface area contributed by atoms with E-state index < -0.39 is 0 Å². The van der Waals surface area contributed by atoms with Crippen molar-refractivity contribution in [3.63, 3.8) is 0 Å². The molecule has 0 bridgehead atoms. The van der Waals surface area contributed by atoms with Crippen molar-refractivity contribution < 1.29 is 4.74 Å². The van der Waals surface area contributed by atoms with Crippen molar-refractivity contribution in [3.8, 4) is 0 Å². The zero-order valence-corrected chi connectivity index (χ0v) is 13.2. The van der Waals surface area contributed by atoms with Crippen molar-refractivity contribution in [1.29, 1.82) is 0 Å². The third kappa shape index (κ3) is 3.09. The zero-order chi connectivity index (χ0) is 13.9. The molecule has 1 aromatic heterocycles. The molecule has 0 aromatic carbocycles. The first-order valence-corrected chi connectivity index (χ1v) is 7.95. The van der Waals surface area contributed by atoms with Gasteiger partial charge in [-0.3, -0.25) is 4.68 Å². The van der Waals surface area contributed by atoms with E-state index in [1.54, 1.807) is 0 Å². The summed E-state index contributed by atoms with van der Waals surface area (Å²) in [6.45, 7) is 6.63. The fourth-order valence-electron chi connectivity index (χ4n) is 2.70. The number of ether oxygens (including phenoxy) is 1.